The highest BCUT2D eigenvalue weighted by atomic mass is 19.1. The largest absolute Gasteiger partial charge is 0.451 e. The first-order valence-corrected chi connectivity index (χ1v) is 14.8. The highest BCUT2D eigenvalue weighted by Gasteiger charge is 2.46. The molecule has 0 unspecified atom stereocenters. The Morgan fingerprint density at radius 1 is 1.12 bits per heavy atom. The van der Waals surface area contributed by atoms with Gasteiger partial charge in [0.25, 0.3) is 5.91 Å². The van der Waals surface area contributed by atoms with Crippen LogP contribution in [-0.2, 0) is 9.47 Å². The Hall–Kier alpha value is -2.86. The maximum Gasteiger partial charge on any atom is 0.258 e. The third-order valence-corrected chi connectivity index (χ3v) is 9.09. The van der Waals surface area contributed by atoms with E-state index in [1.807, 2.05) is 13.8 Å². The van der Waals surface area contributed by atoms with E-state index in [9.17, 15) is 9.18 Å². The van der Waals surface area contributed by atoms with Crippen molar-refractivity contribution in [2.75, 3.05) is 57.4 Å². The molecule has 41 heavy (non-hydrogen) atoms. The summed E-state index contributed by atoms with van der Waals surface area (Å²) in [5.74, 6) is 0.658. The number of hydrogen-bond donors (Lipinski definition) is 1. The molecule has 11 heteroatoms. The van der Waals surface area contributed by atoms with Crippen LogP contribution in [0.1, 0.15) is 49.9 Å². The van der Waals surface area contributed by atoms with Gasteiger partial charge in [-0.1, -0.05) is 0 Å². The van der Waals surface area contributed by atoms with Crippen LogP contribution in [0, 0.1) is 11.2 Å². The van der Waals surface area contributed by atoms with Gasteiger partial charge in [-0.25, -0.2) is 14.4 Å². The van der Waals surface area contributed by atoms with Crippen molar-refractivity contribution in [1.29, 1.82) is 0 Å². The normalized spacial score (nSPS) is 28.4. The van der Waals surface area contributed by atoms with Crippen molar-refractivity contribution in [3.8, 4) is 11.5 Å². The summed E-state index contributed by atoms with van der Waals surface area (Å²) in [5, 5.41) is 0. The van der Waals surface area contributed by atoms with Crippen LogP contribution in [0.3, 0.4) is 0 Å². The highest BCUT2D eigenvalue weighted by Crippen LogP contribution is 2.45. The third kappa shape index (κ3) is 6.04. The van der Waals surface area contributed by atoms with Gasteiger partial charge in [0, 0.05) is 31.1 Å². The van der Waals surface area contributed by atoms with Crippen LogP contribution in [0.2, 0.25) is 0 Å². The second-order valence-corrected chi connectivity index (χ2v) is 12.4. The molecule has 1 spiro atoms. The van der Waals surface area contributed by atoms with E-state index in [1.165, 1.54) is 24.5 Å². The summed E-state index contributed by atoms with van der Waals surface area (Å²) in [7, 11) is 0. The summed E-state index contributed by atoms with van der Waals surface area (Å²) in [4.78, 5) is 28.8. The Bertz CT molecular complexity index is 1220. The molecule has 0 aliphatic carbocycles. The number of morpholine rings is 1. The second-order valence-electron chi connectivity index (χ2n) is 12.4. The van der Waals surface area contributed by atoms with Crippen LogP contribution in [0.15, 0.2) is 30.7 Å². The average Bonchev–Trinajstić information content (AvgIpc) is 2.95. The number of piperidine rings is 1. The number of anilines is 1. The Kier molecular flexibility index (Phi) is 8.13. The molecule has 2 N–H and O–H groups in total. The quantitative estimate of drug-likeness (QED) is 0.563. The second kappa shape index (κ2) is 11.8. The predicted molar refractivity (Wildman–Crippen MR) is 152 cm³/mol. The zero-order valence-corrected chi connectivity index (χ0v) is 24.0. The molecule has 4 aliphatic heterocycles. The topological polar surface area (TPSA) is 106 Å². The molecule has 6 rings (SSSR count). The lowest BCUT2D eigenvalue weighted by Gasteiger charge is -2.54. The monoisotopic (exact) mass is 568 g/mol. The van der Waals surface area contributed by atoms with Crippen LogP contribution >= 0.6 is 0 Å². The molecule has 10 nitrogen and oxygen atoms in total. The van der Waals surface area contributed by atoms with Crippen LogP contribution in [0.5, 0.6) is 11.5 Å². The summed E-state index contributed by atoms with van der Waals surface area (Å²) in [6, 6.07) is 3.98. The van der Waals surface area contributed by atoms with Crippen LogP contribution in [0.4, 0.5) is 10.2 Å². The van der Waals surface area contributed by atoms with Gasteiger partial charge >= 0.3 is 0 Å². The van der Waals surface area contributed by atoms with Crippen molar-refractivity contribution in [1.82, 2.24) is 19.8 Å². The molecule has 4 fully saturated rings. The van der Waals surface area contributed by atoms with Gasteiger partial charge in [0.05, 0.1) is 49.8 Å². The number of nitrogens with two attached hydrogens (primary N) is 1. The first kappa shape index (κ1) is 28.3. The summed E-state index contributed by atoms with van der Waals surface area (Å²) in [5.41, 5.74) is 6.41. The maximum absolute atomic E-state index is 14.4. The first-order chi connectivity index (χ1) is 19.8. The standard InChI is InChI=1S/C30H41FN6O4/c1-20-14-39-15-21(2)37(20)29(38)25-11-22(31)3-6-26(25)41-27-12-33-19-34-28(27)36-17-30(18-36)7-9-35(10-8-30)13-24-5-4-23(32)16-40-24/h3,6,11-12,19-21,23-24H,4-5,7-10,13-18,32H2,1-2H3/t20-,21+,23-,24+/m1/s1. The van der Waals surface area contributed by atoms with Crippen molar-refractivity contribution in [2.24, 2.45) is 11.1 Å². The number of nitrogens with zero attached hydrogens (tertiary/aromatic N) is 5. The molecule has 1 aromatic heterocycles. The number of likely N-dealkylation sites (tertiary alicyclic amines) is 1. The molecular weight excluding hydrogens is 527 g/mol. The molecule has 4 saturated heterocycles. The number of benzene rings is 1. The van der Waals surface area contributed by atoms with Gasteiger partial charge in [0.2, 0.25) is 0 Å². The van der Waals surface area contributed by atoms with Crippen LogP contribution in [0.25, 0.3) is 0 Å². The average molecular weight is 569 g/mol. The number of halogens is 1. The number of amides is 1. The number of rotatable bonds is 6. The highest BCUT2D eigenvalue weighted by molar-refractivity contribution is 5.97. The minimum atomic E-state index is -0.492. The molecule has 0 saturated carbocycles. The van der Waals surface area contributed by atoms with E-state index in [2.05, 4.69) is 19.8 Å². The zero-order valence-electron chi connectivity index (χ0n) is 24.0. The Morgan fingerprint density at radius 2 is 1.88 bits per heavy atom. The number of carbonyl (C=O) groups is 1. The lowest BCUT2D eigenvalue weighted by Crippen LogP contribution is -2.61. The molecule has 4 atom stereocenters. The lowest BCUT2D eigenvalue weighted by molar-refractivity contribution is -0.0277. The van der Waals surface area contributed by atoms with Gasteiger partial charge in [0.15, 0.2) is 11.6 Å². The number of hydrogen-bond acceptors (Lipinski definition) is 9. The fourth-order valence-electron chi connectivity index (χ4n) is 6.74. The molecule has 1 amide bonds. The fourth-order valence-corrected chi connectivity index (χ4v) is 6.74. The Labute approximate surface area is 240 Å². The van der Waals surface area contributed by atoms with E-state index >= 15 is 0 Å². The summed E-state index contributed by atoms with van der Waals surface area (Å²) in [6.07, 6.45) is 7.76. The number of ether oxygens (including phenoxy) is 3. The Balaban J connectivity index is 1.11. The third-order valence-electron chi connectivity index (χ3n) is 9.09. The molecule has 0 radical (unpaired) electrons. The van der Waals surface area contributed by atoms with Gasteiger partial charge in [-0.2, -0.15) is 0 Å². The summed E-state index contributed by atoms with van der Waals surface area (Å²) >= 11 is 0. The number of aromatic nitrogens is 2. The molecule has 4 aliphatic rings. The first-order valence-electron chi connectivity index (χ1n) is 14.8. The van der Waals surface area contributed by atoms with Gasteiger partial charge in [-0.05, 0) is 70.8 Å². The molecule has 2 aromatic rings. The van der Waals surface area contributed by atoms with Gasteiger partial charge in [-0.3, -0.25) is 4.79 Å². The van der Waals surface area contributed by atoms with E-state index in [4.69, 9.17) is 19.9 Å². The van der Waals surface area contributed by atoms with Gasteiger partial charge in [-0.15, -0.1) is 0 Å². The predicted octanol–water partition coefficient (Wildman–Crippen LogP) is 3.07. The minimum Gasteiger partial charge on any atom is -0.451 e. The zero-order chi connectivity index (χ0) is 28.6. The van der Waals surface area contributed by atoms with Gasteiger partial charge in [0.1, 0.15) is 17.9 Å². The van der Waals surface area contributed by atoms with Crippen molar-refractivity contribution < 1.29 is 23.4 Å². The SMILES string of the molecule is C[C@@H]1COC[C@H](C)N1C(=O)c1cc(F)ccc1Oc1cncnc1N1CC2(CCN(C[C@@H]3CC[C@@H](N)CO3)CC2)C1. The molecular formula is C30H41FN6O4. The number of carbonyl (C=O) groups excluding carboxylic acids is 1. The minimum absolute atomic E-state index is 0.129. The van der Waals surface area contributed by atoms with Crippen molar-refractivity contribution in [3.05, 3.63) is 42.1 Å². The summed E-state index contributed by atoms with van der Waals surface area (Å²) in [6.45, 7) is 10.3. The van der Waals surface area contributed by atoms with Crippen molar-refractivity contribution >= 4 is 11.7 Å². The molecule has 222 valence electrons. The summed E-state index contributed by atoms with van der Waals surface area (Å²) < 4.78 is 32.2. The Morgan fingerprint density at radius 3 is 2.59 bits per heavy atom. The van der Waals surface area contributed by atoms with E-state index in [0.717, 1.165) is 58.4 Å². The van der Waals surface area contributed by atoms with Crippen molar-refractivity contribution in [3.63, 3.8) is 0 Å². The van der Waals surface area contributed by atoms with E-state index in [-0.39, 0.29) is 40.8 Å². The fraction of sp³-hybridized carbons (Fsp3) is 0.633. The van der Waals surface area contributed by atoms with E-state index < -0.39 is 5.82 Å². The lowest BCUT2D eigenvalue weighted by atomic mass is 9.72. The van der Waals surface area contributed by atoms with Crippen LogP contribution in [-0.4, -0.2) is 102 Å². The van der Waals surface area contributed by atoms with Gasteiger partial charge < -0.3 is 34.6 Å². The molecule has 1 aromatic carbocycles. The van der Waals surface area contributed by atoms with Crippen molar-refractivity contribution in [2.45, 2.75) is 63.8 Å². The molecule has 0 bridgehead atoms. The molecule has 5 heterocycles. The van der Waals surface area contributed by atoms with Crippen LogP contribution < -0.4 is 15.4 Å². The maximum atomic E-state index is 14.4. The smallest absolute Gasteiger partial charge is 0.258 e. The van der Waals surface area contributed by atoms with E-state index in [0.29, 0.717) is 37.5 Å². The van der Waals surface area contributed by atoms with E-state index in [1.54, 1.807) is 11.1 Å².